The molecule has 3 heteroatoms. The van der Waals surface area contributed by atoms with Gasteiger partial charge in [-0.1, -0.05) is 104 Å². The Labute approximate surface area is 273 Å². The van der Waals surface area contributed by atoms with Crippen LogP contribution in [0.3, 0.4) is 0 Å². The molecule has 3 heterocycles. The smallest absolute Gasteiger partial charge is 0.0871 e. The van der Waals surface area contributed by atoms with Crippen molar-refractivity contribution in [1.29, 1.82) is 0 Å². The Bertz CT molecular complexity index is 2660. The molecule has 4 aromatic carbocycles. The minimum atomic E-state index is 0.138. The Hall–Kier alpha value is -4.89. The molecular formula is C44H35N3. The molecule has 0 spiro atoms. The van der Waals surface area contributed by atoms with E-state index >= 15 is 0 Å². The number of hydrogen-bond donors (Lipinski definition) is 0. The van der Waals surface area contributed by atoms with E-state index < -0.39 is 0 Å². The van der Waals surface area contributed by atoms with Gasteiger partial charge in [-0.05, 0) is 65.1 Å². The number of nitrogens with zero attached hydrogens (tertiary/aromatic N) is 3. The number of fused-ring (bicyclic) bond motifs is 15. The summed E-state index contributed by atoms with van der Waals surface area (Å²) in [5, 5.41) is 4.17. The van der Waals surface area contributed by atoms with Crippen LogP contribution in [0.25, 0.3) is 54.8 Å². The van der Waals surface area contributed by atoms with Crippen LogP contribution >= 0.6 is 0 Å². The predicted molar refractivity (Wildman–Crippen MR) is 193 cm³/mol. The third kappa shape index (κ3) is 2.99. The third-order valence-electron chi connectivity index (χ3n) is 12.9. The van der Waals surface area contributed by atoms with Crippen molar-refractivity contribution in [3.63, 3.8) is 0 Å². The lowest BCUT2D eigenvalue weighted by atomic mass is 9.71. The number of hydrogen-bond acceptors (Lipinski definition) is 1. The molecular weight excluding hydrogens is 571 g/mol. The van der Waals surface area contributed by atoms with Crippen molar-refractivity contribution in [3.8, 4) is 0 Å². The first-order chi connectivity index (χ1) is 23.1. The van der Waals surface area contributed by atoms with Gasteiger partial charge in [-0.2, -0.15) is 0 Å². The second-order valence-corrected chi connectivity index (χ2v) is 15.4. The number of allylic oxidation sites excluding steroid dienone is 6. The second kappa shape index (κ2) is 8.33. The lowest BCUT2D eigenvalue weighted by Crippen LogP contribution is -2.27. The highest BCUT2D eigenvalue weighted by Crippen LogP contribution is 2.70. The van der Waals surface area contributed by atoms with Gasteiger partial charge in [-0.25, -0.2) is 0 Å². The minimum Gasteiger partial charge on any atom is -0.336 e. The zero-order chi connectivity index (χ0) is 30.8. The molecule has 0 radical (unpaired) electrons. The summed E-state index contributed by atoms with van der Waals surface area (Å²) in [6.07, 6.45) is 14.8. The van der Waals surface area contributed by atoms with E-state index in [2.05, 4.69) is 138 Å². The molecule has 0 saturated heterocycles. The van der Waals surface area contributed by atoms with Crippen LogP contribution < -0.4 is 0 Å². The van der Waals surface area contributed by atoms with E-state index in [1.54, 1.807) is 16.7 Å². The lowest BCUT2D eigenvalue weighted by Gasteiger charge is -2.32. The van der Waals surface area contributed by atoms with Crippen molar-refractivity contribution in [2.75, 3.05) is 0 Å². The van der Waals surface area contributed by atoms with E-state index in [0.29, 0.717) is 35.6 Å². The van der Waals surface area contributed by atoms with E-state index in [1.807, 2.05) is 0 Å². The highest BCUT2D eigenvalue weighted by Gasteiger charge is 2.61. The summed E-state index contributed by atoms with van der Waals surface area (Å²) in [4.78, 5) is 4.96. The second-order valence-electron chi connectivity index (χ2n) is 15.4. The van der Waals surface area contributed by atoms with Gasteiger partial charge in [-0.15, -0.1) is 0 Å². The number of rotatable bonds is 2. The summed E-state index contributed by atoms with van der Waals surface area (Å²) >= 11 is 0. The molecule has 6 atom stereocenters. The molecule has 0 bridgehead atoms. The average Bonchev–Trinajstić information content (AvgIpc) is 3.97. The van der Waals surface area contributed by atoms with E-state index in [0.717, 1.165) is 5.52 Å². The number of benzene rings is 4. The fourth-order valence-corrected chi connectivity index (χ4v) is 10.9. The van der Waals surface area contributed by atoms with Gasteiger partial charge in [-0.3, -0.25) is 4.98 Å². The Balaban J connectivity index is 1.09. The Morgan fingerprint density at radius 3 is 2.45 bits per heavy atom. The van der Waals surface area contributed by atoms with Crippen LogP contribution in [0.1, 0.15) is 55.3 Å². The molecule has 1 fully saturated rings. The summed E-state index contributed by atoms with van der Waals surface area (Å²) in [6.45, 7) is 5.07. The summed E-state index contributed by atoms with van der Waals surface area (Å²) < 4.78 is 5.26. The highest BCUT2D eigenvalue weighted by molar-refractivity contribution is 6.11. The van der Waals surface area contributed by atoms with Crippen LogP contribution in [-0.4, -0.2) is 14.0 Å². The normalized spacial score (nSPS) is 28.0. The summed E-state index contributed by atoms with van der Waals surface area (Å²) in [6, 6.07) is 32.1. The molecule has 12 rings (SSSR count). The maximum absolute atomic E-state index is 4.96. The molecule has 3 nitrogen and oxygen atoms in total. The maximum atomic E-state index is 4.96. The van der Waals surface area contributed by atoms with E-state index in [1.165, 1.54) is 67.7 Å². The van der Waals surface area contributed by atoms with Crippen molar-refractivity contribution >= 4 is 54.8 Å². The van der Waals surface area contributed by atoms with Gasteiger partial charge in [0.2, 0.25) is 0 Å². The predicted octanol–water partition coefficient (Wildman–Crippen LogP) is 10.5. The molecule has 0 aliphatic heterocycles. The molecule has 0 N–H and O–H groups in total. The topological polar surface area (TPSA) is 22.2 Å². The quantitative estimate of drug-likeness (QED) is 0.180. The van der Waals surface area contributed by atoms with Gasteiger partial charge in [0.1, 0.15) is 0 Å². The van der Waals surface area contributed by atoms with Gasteiger partial charge >= 0.3 is 0 Å². The Morgan fingerprint density at radius 2 is 1.55 bits per heavy atom. The number of aromatic nitrogens is 3. The Kier molecular flexibility index (Phi) is 4.47. The van der Waals surface area contributed by atoms with Crippen molar-refractivity contribution in [3.05, 3.63) is 138 Å². The average molecular weight is 606 g/mol. The monoisotopic (exact) mass is 605 g/mol. The summed E-state index contributed by atoms with van der Waals surface area (Å²) in [7, 11) is 0. The molecule has 5 aliphatic carbocycles. The van der Waals surface area contributed by atoms with Crippen molar-refractivity contribution in [2.45, 2.75) is 44.1 Å². The molecule has 47 heavy (non-hydrogen) atoms. The highest BCUT2D eigenvalue weighted by atomic mass is 15.1. The van der Waals surface area contributed by atoms with Crippen LogP contribution in [-0.2, 0) is 5.41 Å². The van der Waals surface area contributed by atoms with Crippen LogP contribution in [0.4, 0.5) is 0 Å². The molecule has 5 aliphatic rings. The van der Waals surface area contributed by atoms with Crippen molar-refractivity contribution < 1.29 is 0 Å². The zero-order valence-electron chi connectivity index (χ0n) is 26.7. The molecule has 5 unspecified atom stereocenters. The first-order valence-corrected chi connectivity index (χ1v) is 17.5. The lowest BCUT2D eigenvalue weighted by molar-refractivity contribution is 0.302. The van der Waals surface area contributed by atoms with Gasteiger partial charge < -0.3 is 8.97 Å². The van der Waals surface area contributed by atoms with E-state index in [9.17, 15) is 0 Å². The first-order valence-electron chi connectivity index (χ1n) is 17.5. The van der Waals surface area contributed by atoms with E-state index in [-0.39, 0.29) is 5.41 Å². The fourth-order valence-electron chi connectivity index (χ4n) is 10.9. The van der Waals surface area contributed by atoms with Gasteiger partial charge in [0.05, 0.1) is 33.8 Å². The number of para-hydroxylation sites is 4. The molecule has 226 valence electrons. The standard InChI is InChI=1S/C44H35N3/c1-44(2)33-14-6-3-11-24(33)26-19-20-27-25-12-4-8-16-35(25)47(43(27)41(26)44)42-32-22-30(29-21-31(29)40(32)42)39-28-13-5-9-17-36(28)46-37-18-10-7-15-34(37)45-23-38(39)46/h3-5,7-13,15-24,29,32-33,40,42H,6,14H2,1-2H3/t24?,29-,32?,33?,40?,42?/m1/s1. The van der Waals surface area contributed by atoms with Gasteiger partial charge in [0.25, 0.3) is 0 Å². The molecule has 1 saturated carbocycles. The minimum absolute atomic E-state index is 0.138. The Morgan fingerprint density at radius 1 is 0.766 bits per heavy atom. The molecule has 0 amide bonds. The zero-order valence-corrected chi connectivity index (χ0v) is 26.7. The van der Waals surface area contributed by atoms with Crippen LogP contribution in [0.2, 0.25) is 0 Å². The maximum Gasteiger partial charge on any atom is 0.0871 e. The van der Waals surface area contributed by atoms with Gasteiger partial charge in [0, 0.05) is 57.0 Å². The third-order valence-corrected chi connectivity index (χ3v) is 12.9. The SMILES string of the molecule is CC1(C)c2c(ccc3c4ccccc4n(C4C5C=C(c6c7ccccc7n7c6cnc6ccccc67)[C@H]6C=C6C54)c23)C2C=CCCC21. The van der Waals surface area contributed by atoms with Gasteiger partial charge in [0.15, 0.2) is 0 Å². The summed E-state index contributed by atoms with van der Waals surface area (Å²) in [5.41, 5.74) is 15.5. The van der Waals surface area contributed by atoms with Crippen molar-refractivity contribution in [1.82, 2.24) is 14.0 Å². The van der Waals surface area contributed by atoms with Crippen molar-refractivity contribution in [2.24, 2.45) is 23.7 Å². The molecule has 7 aromatic rings. The summed E-state index contributed by atoms with van der Waals surface area (Å²) in [5.74, 6) is 2.73. The largest absolute Gasteiger partial charge is 0.336 e. The molecule has 3 aromatic heterocycles. The van der Waals surface area contributed by atoms with E-state index in [4.69, 9.17) is 4.98 Å². The van der Waals surface area contributed by atoms with Crippen LogP contribution in [0.15, 0.2) is 121 Å². The van der Waals surface area contributed by atoms with Crippen LogP contribution in [0, 0.1) is 23.7 Å². The fraction of sp³-hybridized carbons (Fsp3) is 0.250. The first kappa shape index (κ1) is 25.2. The van der Waals surface area contributed by atoms with Crippen LogP contribution in [0.5, 0.6) is 0 Å².